The van der Waals surface area contributed by atoms with Gasteiger partial charge in [-0.25, -0.2) is 9.97 Å². The summed E-state index contributed by atoms with van der Waals surface area (Å²) < 4.78 is 5.84. The molecule has 6 heteroatoms. The lowest BCUT2D eigenvalue weighted by molar-refractivity contribution is 0.470. The Hall–Kier alpha value is -1.85. The Bertz CT molecular complexity index is 800. The lowest BCUT2D eigenvalue weighted by atomic mass is 10.2. The van der Waals surface area contributed by atoms with Gasteiger partial charge in [0.2, 0.25) is 5.88 Å². The van der Waals surface area contributed by atoms with Gasteiger partial charge >= 0.3 is 0 Å². The summed E-state index contributed by atoms with van der Waals surface area (Å²) in [6, 6.07) is 5.11. The van der Waals surface area contributed by atoms with Crippen molar-refractivity contribution in [1.29, 1.82) is 0 Å². The quantitative estimate of drug-likeness (QED) is 0.716. The number of thiophene rings is 1. The lowest BCUT2D eigenvalue weighted by Gasteiger charge is -2.09. The molecule has 0 bridgehead atoms. The number of aromatic nitrogens is 2. The molecule has 3 aromatic rings. The predicted molar refractivity (Wildman–Crippen MR) is 82.8 cm³/mol. The minimum absolute atomic E-state index is 0.501. The van der Waals surface area contributed by atoms with Crippen LogP contribution in [0.5, 0.6) is 11.6 Å². The van der Waals surface area contributed by atoms with E-state index in [1.54, 1.807) is 29.5 Å². The molecular formula is C14H12ClN3OS. The summed E-state index contributed by atoms with van der Waals surface area (Å²) in [4.78, 5) is 10.6. The topological polar surface area (TPSA) is 61.0 Å². The highest BCUT2D eigenvalue weighted by atomic mass is 35.5. The zero-order chi connectivity index (χ0) is 14.3. The first kappa shape index (κ1) is 13.1. The lowest BCUT2D eigenvalue weighted by Crippen LogP contribution is -1.95. The fourth-order valence-electron chi connectivity index (χ4n) is 1.93. The Morgan fingerprint density at radius 3 is 2.85 bits per heavy atom. The average molecular weight is 306 g/mol. The first-order chi connectivity index (χ1) is 9.56. The van der Waals surface area contributed by atoms with Crippen LogP contribution in [-0.4, -0.2) is 9.97 Å². The highest BCUT2D eigenvalue weighted by Gasteiger charge is 2.14. The first-order valence-electron chi connectivity index (χ1n) is 6.00. The number of nitrogens with two attached hydrogens (primary N) is 1. The summed E-state index contributed by atoms with van der Waals surface area (Å²) in [7, 11) is 0. The van der Waals surface area contributed by atoms with Gasteiger partial charge in [0.15, 0.2) is 5.75 Å². The van der Waals surface area contributed by atoms with Crippen molar-refractivity contribution in [2.75, 3.05) is 5.73 Å². The van der Waals surface area contributed by atoms with E-state index in [9.17, 15) is 0 Å². The number of anilines is 1. The molecular weight excluding hydrogens is 294 g/mol. The zero-order valence-electron chi connectivity index (χ0n) is 11.0. The van der Waals surface area contributed by atoms with E-state index >= 15 is 0 Å². The molecule has 0 aliphatic rings. The highest BCUT2D eigenvalue weighted by Crippen LogP contribution is 2.37. The SMILES string of the molecule is Cc1sc2ncnc(Oc3cc(Cl)ccc3N)c2c1C. The van der Waals surface area contributed by atoms with Crippen LogP contribution in [0.25, 0.3) is 10.2 Å². The molecule has 3 rings (SSSR count). The molecule has 0 spiro atoms. The van der Waals surface area contributed by atoms with Gasteiger partial charge in [0, 0.05) is 16.0 Å². The van der Waals surface area contributed by atoms with Crippen molar-refractivity contribution in [3.05, 3.63) is 40.0 Å². The maximum Gasteiger partial charge on any atom is 0.231 e. The molecule has 2 aromatic heterocycles. The van der Waals surface area contributed by atoms with Crippen LogP contribution in [0.4, 0.5) is 5.69 Å². The monoisotopic (exact) mass is 305 g/mol. The fraction of sp³-hybridized carbons (Fsp3) is 0.143. The summed E-state index contributed by atoms with van der Waals surface area (Å²) in [5.74, 6) is 1.01. The van der Waals surface area contributed by atoms with Crippen LogP contribution in [0.1, 0.15) is 10.4 Å². The van der Waals surface area contributed by atoms with Crippen molar-refractivity contribution < 1.29 is 4.74 Å². The molecule has 0 saturated carbocycles. The number of halogens is 1. The molecule has 2 N–H and O–H groups in total. The minimum atomic E-state index is 0.501. The Kier molecular flexibility index (Phi) is 3.23. The van der Waals surface area contributed by atoms with Crippen LogP contribution < -0.4 is 10.5 Å². The Morgan fingerprint density at radius 1 is 1.25 bits per heavy atom. The number of ether oxygens (including phenoxy) is 1. The largest absolute Gasteiger partial charge is 0.436 e. The number of nitrogen functional groups attached to an aromatic ring is 1. The van der Waals surface area contributed by atoms with Crippen LogP contribution in [-0.2, 0) is 0 Å². The van der Waals surface area contributed by atoms with Crippen molar-refractivity contribution in [3.63, 3.8) is 0 Å². The smallest absolute Gasteiger partial charge is 0.231 e. The first-order valence-corrected chi connectivity index (χ1v) is 7.19. The minimum Gasteiger partial charge on any atom is -0.436 e. The van der Waals surface area contributed by atoms with Crippen LogP contribution in [0.3, 0.4) is 0 Å². The van der Waals surface area contributed by atoms with Crippen LogP contribution in [0.2, 0.25) is 5.02 Å². The second-order valence-electron chi connectivity index (χ2n) is 4.43. The summed E-state index contributed by atoms with van der Waals surface area (Å²) in [6.07, 6.45) is 1.49. The number of hydrogen-bond donors (Lipinski definition) is 1. The van der Waals surface area contributed by atoms with Gasteiger partial charge in [-0.1, -0.05) is 11.6 Å². The Labute approximate surface area is 125 Å². The van der Waals surface area contributed by atoms with Crippen molar-refractivity contribution in [3.8, 4) is 11.6 Å². The van der Waals surface area contributed by atoms with Gasteiger partial charge < -0.3 is 10.5 Å². The number of fused-ring (bicyclic) bond motifs is 1. The van der Waals surface area contributed by atoms with Gasteiger partial charge in [-0.15, -0.1) is 11.3 Å². The number of aryl methyl sites for hydroxylation is 2. The van der Waals surface area contributed by atoms with E-state index in [4.69, 9.17) is 22.1 Å². The van der Waals surface area contributed by atoms with Gasteiger partial charge in [-0.2, -0.15) is 0 Å². The molecule has 0 atom stereocenters. The van der Waals surface area contributed by atoms with E-state index in [-0.39, 0.29) is 0 Å². The molecule has 102 valence electrons. The normalized spacial score (nSPS) is 10.9. The average Bonchev–Trinajstić information content (AvgIpc) is 2.71. The third-order valence-corrected chi connectivity index (χ3v) is 4.46. The van der Waals surface area contributed by atoms with Crippen molar-refractivity contribution in [2.45, 2.75) is 13.8 Å². The highest BCUT2D eigenvalue weighted by molar-refractivity contribution is 7.18. The Morgan fingerprint density at radius 2 is 2.05 bits per heavy atom. The summed E-state index contributed by atoms with van der Waals surface area (Å²) in [5, 5.41) is 1.49. The van der Waals surface area contributed by atoms with Gasteiger partial charge in [-0.05, 0) is 31.5 Å². The molecule has 1 aromatic carbocycles. The maximum absolute atomic E-state index is 5.97. The standard InChI is InChI=1S/C14H12ClN3OS/c1-7-8(2)20-14-12(7)13(17-6-18-14)19-11-5-9(15)3-4-10(11)16/h3-6H,16H2,1-2H3. The van der Waals surface area contributed by atoms with E-state index in [0.29, 0.717) is 22.3 Å². The van der Waals surface area contributed by atoms with Gasteiger partial charge in [0.25, 0.3) is 0 Å². The molecule has 0 radical (unpaired) electrons. The molecule has 0 aliphatic carbocycles. The molecule has 0 unspecified atom stereocenters. The molecule has 0 fully saturated rings. The molecule has 2 heterocycles. The van der Waals surface area contributed by atoms with Crippen LogP contribution in [0, 0.1) is 13.8 Å². The third-order valence-electron chi connectivity index (χ3n) is 3.11. The van der Waals surface area contributed by atoms with Crippen molar-refractivity contribution in [2.24, 2.45) is 0 Å². The van der Waals surface area contributed by atoms with Gasteiger partial charge in [-0.3, -0.25) is 0 Å². The number of rotatable bonds is 2. The Balaban J connectivity index is 2.13. The summed E-state index contributed by atoms with van der Waals surface area (Å²) in [5.41, 5.74) is 7.55. The predicted octanol–water partition coefficient (Wildman–Crippen LogP) is 4.34. The van der Waals surface area contributed by atoms with Crippen LogP contribution in [0.15, 0.2) is 24.5 Å². The third kappa shape index (κ3) is 2.19. The number of hydrogen-bond acceptors (Lipinski definition) is 5. The van der Waals surface area contributed by atoms with Gasteiger partial charge in [0.1, 0.15) is 11.2 Å². The molecule has 20 heavy (non-hydrogen) atoms. The molecule has 4 nitrogen and oxygen atoms in total. The maximum atomic E-state index is 5.97. The summed E-state index contributed by atoms with van der Waals surface area (Å²) >= 11 is 7.59. The second kappa shape index (κ2) is 4.92. The van der Waals surface area contributed by atoms with E-state index in [0.717, 1.165) is 15.8 Å². The molecule has 0 aliphatic heterocycles. The molecule has 0 saturated heterocycles. The number of benzene rings is 1. The van der Waals surface area contributed by atoms with E-state index in [1.807, 2.05) is 6.92 Å². The van der Waals surface area contributed by atoms with E-state index < -0.39 is 0 Å². The zero-order valence-corrected chi connectivity index (χ0v) is 12.5. The van der Waals surface area contributed by atoms with E-state index in [2.05, 4.69) is 16.9 Å². The molecule has 0 amide bonds. The van der Waals surface area contributed by atoms with Crippen LogP contribution >= 0.6 is 22.9 Å². The van der Waals surface area contributed by atoms with E-state index in [1.165, 1.54) is 11.2 Å². The summed E-state index contributed by atoms with van der Waals surface area (Å²) in [6.45, 7) is 4.09. The van der Waals surface area contributed by atoms with Crippen molar-refractivity contribution >= 4 is 38.8 Å². The second-order valence-corrected chi connectivity index (χ2v) is 6.07. The van der Waals surface area contributed by atoms with Crippen molar-refractivity contribution in [1.82, 2.24) is 9.97 Å². The number of nitrogens with zero attached hydrogens (tertiary/aromatic N) is 2. The fourth-order valence-corrected chi connectivity index (χ4v) is 3.08. The van der Waals surface area contributed by atoms with Gasteiger partial charge in [0.05, 0.1) is 11.1 Å².